The molecule has 3 rings (SSSR count). The molecule has 0 saturated carbocycles. The average Bonchev–Trinajstić information content (AvgIpc) is 3.19. The lowest BCUT2D eigenvalue weighted by molar-refractivity contribution is -0.145. The van der Waals surface area contributed by atoms with Gasteiger partial charge in [0.25, 0.3) is 0 Å². The van der Waals surface area contributed by atoms with Gasteiger partial charge < -0.3 is 24.1 Å². The maximum Gasteiger partial charge on any atom is 0.407 e. The van der Waals surface area contributed by atoms with Gasteiger partial charge in [-0.15, -0.1) is 0 Å². The van der Waals surface area contributed by atoms with Gasteiger partial charge in [-0.1, -0.05) is 41.9 Å². The highest BCUT2D eigenvalue weighted by Gasteiger charge is 2.31. The average molecular weight is 461 g/mol. The summed E-state index contributed by atoms with van der Waals surface area (Å²) in [5.41, 5.74) is 1.69. The molecule has 9 heteroatoms. The molecule has 0 atom stereocenters. The van der Waals surface area contributed by atoms with Crippen molar-refractivity contribution >= 4 is 28.7 Å². The van der Waals surface area contributed by atoms with E-state index in [9.17, 15) is 4.79 Å². The standard InChI is InChI=1S/C23H29ClN4O4/c1-5-30-21(31-6-2)18-12-17-19(24)26-15-27-20(17)28(18)23(3,4)14-25-22(29)32-13-16-10-8-7-9-11-16/h7-12,15,21H,5-6,13-14H2,1-4H3,(H,25,29). The number of amides is 1. The minimum atomic E-state index is -0.612. The summed E-state index contributed by atoms with van der Waals surface area (Å²) < 4.78 is 19.0. The van der Waals surface area contributed by atoms with Crippen molar-refractivity contribution in [3.05, 3.63) is 59.1 Å². The highest BCUT2D eigenvalue weighted by Crippen LogP contribution is 2.34. The maximum absolute atomic E-state index is 12.3. The molecule has 172 valence electrons. The predicted octanol–water partition coefficient (Wildman–Crippen LogP) is 4.82. The number of hydrogen-bond donors (Lipinski definition) is 1. The van der Waals surface area contributed by atoms with Gasteiger partial charge in [0.05, 0.1) is 16.6 Å². The van der Waals surface area contributed by atoms with Gasteiger partial charge in [-0.3, -0.25) is 0 Å². The first-order chi connectivity index (χ1) is 15.4. The largest absolute Gasteiger partial charge is 0.445 e. The van der Waals surface area contributed by atoms with Crippen LogP contribution in [0.1, 0.15) is 45.2 Å². The Bertz CT molecular complexity index is 1030. The van der Waals surface area contributed by atoms with E-state index in [1.165, 1.54) is 6.33 Å². The fraction of sp³-hybridized carbons (Fsp3) is 0.435. The van der Waals surface area contributed by atoms with Crippen molar-refractivity contribution in [1.29, 1.82) is 0 Å². The molecule has 0 unspecified atom stereocenters. The number of carbonyl (C=O) groups is 1. The Labute approximate surface area is 192 Å². The molecule has 1 aromatic carbocycles. The number of hydrogen-bond acceptors (Lipinski definition) is 6. The summed E-state index contributed by atoms with van der Waals surface area (Å²) in [7, 11) is 0. The Morgan fingerprint density at radius 2 is 1.84 bits per heavy atom. The molecule has 0 spiro atoms. The van der Waals surface area contributed by atoms with Crippen LogP contribution in [0.5, 0.6) is 0 Å². The molecule has 2 heterocycles. The number of ether oxygens (including phenoxy) is 3. The van der Waals surface area contributed by atoms with Crippen molar-refractivity contribution in [3.63, 3.8) is 0 Å². The van der Waals surface area contributed by atoms with Crippen molar-refractivity contribution in [2.75, 3.05) is 19.8 Å². The number of alkyl carbamates (subject to hydrolysis) is 1. The zero-order chi connectivity index (χ0) is 23.1. The Morgan fingerprint density at radius 1 is 1.16 bits per heavy atom. The molecule has 0 radical (unpaired) electrons. The van der Waals surface area contributed by atoms with Crippen LogP contribution in [0, 0.1) is 0 Å². The van der Waals surface area contributed by atoms with Gasteiger partial charge in [-0.25, -0.2) is 14.8 Å². The molecular weight excluding hydrogens is 432 g/mol. The molecule has 1 N–H and O–H groups in total. The van der Waals surface area contributed by atoms with Crippen molar-refractivity contribution in [2.24, 2.45) is 0 Å². The minimum Gasteiger partial charge on any atom is -0.445 e. The lowest BCUT2D eigenvalue weighted by Gasteiger charge is -2.32. The first-order valence-corrected chi connectivity index (χ1v) is 10.9. The fourth-order valence-corrected chi connectivity index (χ4v) is 3.66. The van der Waals surface area contributed by atoms with E-state index in [-0.39, 0.29) is 13.2 Å². The van der Waals surface area contributed by atoms with E-state index in [4.69, 9.17) is 25.8 Å². The highest BCUT2D eigenvalue weighted by molar-refractivity contribution is 6.34. The SMILES string of the molecule is CCOC(OCC)c1cc2c(Cl)ncnc2n1C(C)(C)CNC(=O)OCc1ccccc1. The molecule has 0 fully saturated rings. The number of benzene rings is 1. The van der Waals surface area contributed by atoms with Crippen LogP contribution in [0.4, 0.5) is 4.79 Å². The second-order valence-electron chi connectivity index (χ2n) is 7.78. The molecule has 2 aromatic heterocycles. The third kappa shape index (κ3) is 5.56. The fourth-order valence-electron chi connectivity index (χ4n) is 3.48. The Hall–Kier alpha value is -2.68. The number of fused-ring (bicyclic) bond motifs is 1. The normalized spacial score (nSPS) is 11.8. The number of nitrogens with zero attached hydrogens (tertiary/aromatic N) is 3. The van der Waals surface area contributed by atoms with Crippen LogP contribution in [0.3, 0.4) is 0 Å². The van der Waals surface area contributed by atoms with E-state index in [1.807, 2.05) is 68.7 Å². The smallest absolute Gasteiger partial charge is 0.407 e. The van der Waals surface area contributed by atoms with Gasteiger partial charge in [-0.2, -0.15) is 0 Å². The first kappa shape index (κ1) is 24.0. The number of rotatable bonds is 10. The molecule has 0 saturated heterocycles. The van der Waals surface area contributed by atoms with Crippen LogP contribution >= 0.6 is 11.6 Å². The number of carbonyl (C=O) groups excluding carboxylic acids is 1. The Balaban J connectivity index is 1.84. The van der Waals surface area contributed by atoms with Crippen molar-refractivity contribution in [3.8, 4) is 0 Å². The lowest BCUT2D eigenvalue weighted by Crippen LogP contribution is -2.42. The Kier molecular flexibility index (Phi) is 8.06. The van der Waals surface area contributed by atoms with Gasteiger partial charge in [-0.05, 0) is 39.3 Å². The summed E-state index contributed by atoms with van der Waals surface area (Å²) in [4.78, 5) is 20.9. The van der Waals surface area contributed by atoms with Crippen LogP contribution in [-0.4, -0.2) is 40.4 Å². The summed E-state index contributed by atoms with van der Waals surface area (Å²) >= 11 is 6.34. The second kappa shape index (κ2) is 10.8. The van der Waals surface area contributed by atoms with Gasteiger partial charge in [0.15, 0.2) is 6.29 Å². The lowest BCUT2D eigenvalue weighted by atomic mass is 10.0. The van der Waals surface area contributed by atoms with Crippen LogP contribution in [0.15, 0.2) is 42.7 Å². The van der Waals surface area contributed by atoms with Crippen molar-refractivity contribution in [2.45, 2.75) is 46.1 Å². The third-order valence-corrected chi connectivity index (χ3v) is 5.24. The van der Waals surface area contributed by atoms with Gasteiger partial charge in [0.2, 0.25) is 0 Å². The van der Waals surface area contributed by atoms with Crippen LogP contribution in [0.2, 0.25) is 5.15 Å². The molecule has 0 aliphatic rings. The topological polar surface area (TPSA) is 87.5 Å². The highest BCUT2D eigenvalue weighted by atomic mass is 35.5. The number of halogens is 1. The molecular formula is C23H29ClN4O4. The van der Waals surface area contributed by atoms with Gasteiger partial charge in [0, 0.05) is 19.8 Å². The van der Waals surface area contributed by atoms with E-state index < -0.39 is 17.9 Å². The monoisotopic (exact) mass is 460 g/mol. The Morgan fingerprint density at radius 3 is 2.50 bits per heavy atom. The van der Waals surface area contributed by atoms with Crippen LogP contribution in [-0.2, 0) is 26.4 Å². The van der Waals surface area contributed by atoms with E-state index in [0.29, 0.717) is 29.4 Å². The summed E-state index contributed by atoms with van der Waals surface area (Å²) in [6.07, 6.45) is 0.303. The summed E-state index contributed by atoms with van der Waals surface area (Å²) in [6, 6.07) is 11.4. The van der Waals surface area contributed by atoms with Crippen LogP contribution in [0.25, 0.3) is 11.0 Å². The van der Waals surface area contributed by atoms with E-state index in [1.54, 1.807) is 0 Å². The second-order valence-corrected chi connectivity index (χ2v) is 8.13. The van der Waals surface area contributed by atoms with E-state index >= 15 is 0 Å². The summed E-state index contributed by atoms with van der Waals surface area (Å²) in [5, 5.41) is 3.88. The molecule has 0 aliphatic heterocycles. The maximum atomic E-state index is 12.3. The molecule has 8 nitrogen and oxygen atoms in total. The molecule has 0 bridgehead atoms. The molecule has 1 amide bonds. The van der Waals surface area contributed by atoms with Gasteiger partial charge in [0.1, 0.15) is 23.7 Å². The molecule has 0 aliphatic carbocycles. The first-order valence-electron chi connectivity index (χ1n) is 10.6. The summed E-state index contributed by atoms with van der Waals surface area (Å²) in [5.74, 6) is 0. The van der Waals surface area contributed by atoms with E-state index in [2.05, 4.69) is 15.3 Å². The zero-order valence-corrected chi connectivity index (χ0v) is 19.6. The van der Waals surface area contributed by atoms with Crippen molar-refractivity contribution < 1.29 is 19.0 Å². The minimum absolute atomic E-state index is 0.199. The van der Waals surface area contributed by atoms with E-state index in [0.717, 1.165) is 11.3 Å². The molecule has 32 heavy (non-hydrogen) atoms. The zero-order valence-electron chi connectivity index (χ0n) is 18.8. The summed E-state index contributed by atoms with van der Waals surface area (Å²) in [6.45, 7) is 9.19. The van der Waals surface area contributed by atoms with Crippen LogP contribution < -0.4 is 5.32 Å². The third-order valence-electron chi connectivity index (χ3n) is 4.94. The van der Waals surface area contributed by atoms with Gasteiger partial charge >= 0.3 is 6.09 Å². The predicted molar refractivity (Wildman–Crippen MR) is 122 cm³/mol. The number of aromatic nitrogens is 3. The van der Waals surface area contributed by atoms with Crippen molar-refractivity contribution in [1.82, 2.24) is 19.9 Å². The molecule has 3 aromatic rings. The number of nitrogens with one attached hydrogen (secondary N) is 1. The quantitative estimate of drug-likeness (QED) is 0.345.